The van der Waals surface area contributed by atoms with Gasteiger partial charge in [0.2, 0.25) is 0 Å². The van der Waals surface area contributed by atoms with Gasteiger partial charge in [0.15, 0.2) is 18.5 Å². The zero-order valence-corrected chi connectivity index (χ0v) is 10.4. The first-order valence-electron chi connectivity index (χ1n) is 5.67. The highest BCUT2D eigenvalue weighted by Gasteiger charge is 2.48. The molecule has 1 aliphatic heterocycles. The van der Waals surface area contributed by atoms with E-state index in [2.05, 4.69) is 9.47 Å². The molecule has 1 rings (SSSR count). The molecule has 6 N–H and O–H groups in total. The SMILES string of the molecule is O=C(O)CC(OC1OC(C(=O)O)[C@@H](O)[C@H](O)C1O)C(=O)O. The van der Waals surface area contributed by atoms with E-state index in [0.717, 1.165) is 0 Å². The lowest BCUT2D eigenvalue weighted by Crippen LogP contribution is -2.61. The second-order valence-electron chi connectivity index (χ2n) is 4.30. The minimum Gasteiger partial charge on any atom is -0.481 e. The van der Waals surface area contributed by atoms with Gasteiger partial charge in [0.05, 0.1) is 6.42 Å². The van der Waals surface area contributed by atoms with E-state index in [1.54, 1.807) is 0 Å². The first kappa shape index (κ1) is 17.3. The van der Waals surface area contributed by atoms with Gasteiger partial charge < -0.3 is 40.1 Å². The molecule has 0 spiro atoms. The van der Waals surface area contributed by atoms with Crippen molar-refractivity contribution in [3.8, 4) is 0 Å². The molecule has 4 unspecified atom stereocenters. The van der Waals surface area contributed by atoms with Crippen molar-refractivity contribution in [2.45, 2.75) is 43.2 Å². The number of aliphatic hydroxyl groups excluding tert-OH is 3. The van der Waals surface area contributed by atoms with Gasteiger partial charge in [-0.25, -0.2) is 9.59 Å². The number of rotatable bonds is 6. The summed E-state index contributed by atoms with van der Waals surface area (Å²) in [5.74, 6) is -4.86. The van der Waals surface area contributed by atoms with Crippen LogP contribution >= 0.6 is 0 Å². The molecule has 21 heavy (non-hydrogen) atoms. The van der Waals surface area contributed by atoms with Crippen molar-refractivity contribution in [3.63, 3.8) is 0 Å². The second-order valence-corrected chi connectivity index (χ2v) is 4.30. The molecule has 1 aliphatic rings. The normalized spacial score (nSPS) is 34.1. The molecule has 11 nitrogen and oxygen atoms in total. The number of hydrogen-bond acceptors (Lipinski definition) is 8. The maximum atomic E-state index is 10.8. The molecular weight excluding hydrogens is 296 g/mol. The van der Waals surface area contributed by atoms with Crippen LogP contribution in [0.15, 0.2) is 0 Å². The van der Waals surface area contributed by atoms with Crippen LogP contribution in [0.4, 0.5) is 0 Å². The highest BCUT2D eigenvalue weighted by Crippen LogP contribution is 2.23. The third-order valence-electron chi connectivity index (χ3n) is 2.75. The summed E-state index contributed by atoms with van der Waals surface area (Å²) < 4.78 is 9.36. The van der Waals surface area contributed by atoms with E-state index in [-0.39, 0.29) is 0 Å². The Hall–Kier alpha value is -1.79. The first-order valence-corrected chi connectivity index (χ1v) is 5.67. The van der Waals surface area contributed by atoms with Crippen molar-refractivity contribution < 1.29 is 54.5 Å². The van der Waals surface area contributed by atoms with Gasteiger partial charge >= 0.3 is 17.9 Å². The van der Waals surface area contributed by atoms with Gasteiger partial charge in [0.25, 0.3) is 0 Å². The van der Waals surface area contributed by atoms with Crippen LogP contribution in [0.25, 0.3) is 0 Å². The Morgan fingerprint density at radius 3 is 2.00 bits per heavy atom. The van der Waals surface area contributed by atoms with Gasteiger partial charge in [-0.15, -0.1) is 0 Å². The van der Waals surface area contributed by atoms with Crippen LogP contribution in [0, 0.1) is 0 Å². The minimum atomic E-state index is -1.97. The van der Waals surface area contributed by atoms with Gasteiger partial charge in [-0.1, -0.05) is 0 Å². The van der Waals surface area contributed by atoms with Crippen molar-refractivity contribution in [2.75, 3.05) is 0 Å². The summed E-state index contributed by atoms with van der Waals surface area (Å²) in [6.45, 7) is 0. The number of aliphatic hydroxyl groups is 3. The maximum Gasteiger partial charge on any atom is 0.335 e. The monoisotopic (exact) mass is 310 g/mol. The third kappa shape index (κ3) is 4.09. The van der Waals surface area contributed by atoms with E-state index in [1.807, 2.05) is 0 Å². The topological polar surface area (TPSA) is 191 Å². The van der Waals surface area contributed by atoms with E-state index < -0.39 is 61.1 Å². The summed E-state index contributed by atoms with van der Waals surface area (Å²) in [5, 5.41) is 54.6. The average molecular weight is 310 g/mol. The molecule has 0 aliphatic carbocycles. The zero-order chi connectivity index (χ0) is 16.3. The van der Waals surface area contributed by atoms with E-state index in [1.165, 1.54) is 0 Å². The highest BCUT2D eigenvalue weighted by molar-refractivity contribution is 5.79. The molecule has 11 heteroatoms. The lowest BCUT2D eigenvalue weighted by Gasteiger charge is -2.39. The molecular formula is C10H14O11. The van der Waals surface area contributed by atoms with Crippen molar-refractivity contribution in [3.05, 3.63) is 0 Å². The predicted octanol–water partition coefficient (Wildman–Crippen LogP) is -3.18. The zero-order valence-electron chi connectivity index (χ0n) is 10.4. The Balaban J connectivity index is 2.86. The fraction of sp³-hybridized carbons (Fsp3) is 0.700. The Labute approximate surface area is 116 Å². The Kier molecular flexibility index (Phi) is 5.57. The molecule has 6 atom stereocenters. The van der Waals surface area contributed by atoms with Crippen LogP contribution in [0.1, 0.15) is 6.42 Å². The number of aliphatic carboxylic acids is 3. The fourth-order valence-corrected chi connectivity index (χ4v) is 1.68. The number of carbonyl (C=O) groups is 3. The molecule has 0 bridgehead atoms. The van der Waals surface area contributed by atoms with Crippen LogP contribution in [-0.2, 0) is 23.9 Å². The molecule has 1 fully saturated rings. The van der Waals surface area contributed by atoms with Crippen LogP contribution in [0.2, 0.25) is 0 Å². The molecule has 0 saturated carbocycles. The molecule has 120 valence electrons. The van der Waals surface area contributed by atoms with E-state index in [9.17, 15) is 29.7 Å². The van der Waals surface area contributed by atoms with Gasteiger partial charge in [0.1, 0.15) is 18.3 Å². The van der Waals surface area contributed by atoms with Crippen molar-refractivity contribution in [1.82, 2.24) is 0 Å². The van der Waals surface area contributed by atoms with Crippen LogP contribution < -0.4 is 0 Å². The molecule has 0 aromatic rings. The van der Waals surface area contributed by atoms with Crippen LogP contribution in [-0.4, -0.2) is 85.4 Å². The third-order valence-corrected chi connectivity index (χ3v) is 2.75. The molecule has 0 radical (unpaired) electrons. The smallest absolute Gasteiger partial charge is 0.335 e. The number of carboxylic acid groups (broad SMARTS) is 3. The maximum absolute atomic E-state index is 10.8. The van der Waals surface area contributed by atoms with E-state index >= 15 is 0 Å². The van der Waals surface area contributed by atoms with E-state index in [0.29, 0.717) is 0 Å². The summed E-state index contributed by atoms with van der Waals surface area (Å²) in [4.78, 5) is 32.1. The minimum absolute atomic E-state index is 0.974. The predicted molar refractivity (Wildman–Crippen MR) is 59.1 cm³/mol. The Morgan fingerprint density at radius 2 is 1.57 bits per heavy atom. The lowest BCUT2D eigenvalue weighted by atomic mass is 9.99. The molecule has 0 amide bonds. The van der Waals surface area contributed by atoms with Crippen LogP contribution in [0.3, 0.4) is 0 Å². The molecule has 0 aromatic heterocycles. The first-order chi connectivity index (χ1) is 9.65. The van der Waals surface area contributed by atoms with Crippen molar-refractivity contribution >= 4 is 17.9 Å². The van der Waals surface area contributed by atoms with Crippen molar-refractivity contribution in [1.29, 1.82) is 0 Å². The largest absolute Gasteiger partial charge is 0.481 e. The molecule has 0 aromatic carbocycles. The van der Waals surface area contributed by atoms with Gasteiger partial charge in [-0.3, -0.25) is 4.79 Å². The quantitative estimate of drug-likeness (QED) is 0.290. The Morgan fingerprint density at radius 1 is 1.00 bits per heavy atom. The summed E-state index contributed by atoms with van der Waals surface area (Å²) in [5.41, 5.74) is 0. The summed E-state index contributed by atoms with van der Waals surface area (Å²) in [6.07, 6.45) is -12.7. The van der Waals surface area contributed by atoms with Crippen LogP contribution in [0.5, 0.6) is 0 Å². The summed E-state index contributed by atoms with van der Waals surface area (Å²) in [6, 6.07) is 0. The highest BCUT2D eigenvalue weighted by atomic mass is 16.7. The van der Waals surface area contributed by atoms with E-state index in [4.69, 9.17) is 15.3 Å². The number of hydrogen-bond donors (Lipinski definition) is 6. The summed E-state index contributed by atoms with van der Waals surface area (Å²) in [7, 11) is 0. The number of carboxylic acids is 3. The standard InChI is InChI=1S/C10H14O11/c11-3(12)1-2(8(16)17)20-10-6(15)4(13)5(14)7(21-10)9(18)19/h2,4-7,10,13-15H,1H2,(H,11,12)(H,16,17)(H,18,19)/t2?,4-,5-,6?,7?,10?/m0/s1. The fourth-order valence-electron chi connectivity index (χ4n) is 1.68. The second kappa shape index (κ2) is 6.78. The average Bonchev–Trinajstić information content (AvgIpc) is 2.37. The van der Waals surface area contributed by atoms with Gasteiger partial charge in [-0.05, 0) is 0 Å². The van der Waals surface area contributed by atoms with Crippen molar-refractivity contribution in [2.24, 2.45) is 0 Å². The van der Waals surface area contributed by atoms with Gasteiger partial charge in [0, 0.05) is 0 Å². The van der Waals surface area contributed by atoms with Gasteiger partial charge in [-0.2, -0.15) is 0 Å². The summed E-state index contributed by atoms with van der Waals surface area (Å²) >= 11 is 0. The number of ether oxygens (including phenoxy) is 2. The lowest BCUT2D eigenvalue weighted by molar-refractivity contribution is -0.303. The molecule has 1 heterocycles. The molecule has 1 saturated heterocycles. The Bertz CT molecular complexity index is 421.